The molecular weight excluding hydrogens is 548 g/mol. The number of pyridine rings is 1. The molecule has 202 valence electrons. The number of benzene rings is 3. The lowest BCUT2D eigenvalue weighted by atomic mass is 9.99. The molecule has 0 aliphatic carbocycles. The van der Waals surface area contributed by atoms with Gasteiger partial charge in [-0.3, -0.25) is 9.59 Å². The normalized spacial score (nSPS) is 10.8. The molecule has 2 amide bonds. The number of hydrogen-bond acceptors (Lipinski definition) is 8. The molecule has 2 N–H and O–H groups in total. The van der Waals surface area contributed by atoms with Crippen molar-refractivity contribution in [3.63, 3.8) is 0 Å². The number of amides is 2. The molecule has 40 heavy (non-hydrogen) atoms. The van der Waals surface area contributed by atoms with Crippen LogP contribution in [0.25, 0.3) is 22.4 Å². The third-order valence-electron chi connectivity index (χ3n) is 5.64. The first kappa shape index (κ1) is 28.4. The van der Waals surface area contributed by atoms with Gasteiger partial charge in [-0.1, -0.05) is 54.2 Å². The number of nitriles is 1. The van der Waals surface area contributed by atoms with Crippen LogP contribution in [0.15, 0.2) is 94.9 Å². The summed E-state index contributed by atoms with van der Waals surface area (Å²) in [5.74, 6) is -0.435. The molecule has 1 heterocycles. The molecule has 0 saturated heterocycles. The molecule has 0 saturated carbocycles. The first-order valence-electron chi connectivity index (χ1n) is 11.9. The molecule has 0 aliphatic heterocycles. The summed E-state index contributed by atoms with van der Waals surface area (Å²) >= 11 is 1.12. The van der Waals surface area contributed by atoms with E-state index in [2.05, 4.69) is 11.4 Å². The van der Waals surface area contributed by atoms with Gasteiger partial charge in [0.2, 0.25) is 11.8 Å². The van der Waals surface area contributed by atoms with Gasteiger partial charge in [0.05, 0.1) is 29.0 Å². The highest BCUT2D eigenvalue weighted by molar-refractivity contribution is 8.00. The Bertz CT molecular complexity index is 1680. The van der Waals surface area contributed by atoms with E-state index >= 15 is 0 Å². The molecule has 0 radical (unpaired) electrons. The molecule has 0 spiro atoms. The van der Waals surface area contributed by atoms with Crippen LogP contribution >= 0.6 is 11.8 Å². The second kappa shape index (κ2) is 12.5. The Hall–Kier alpha value is -4.66. The minimum atomic E-state index is -3.98. The largest absolute Gasteiger partial charge is 0.497 e. The van der Waals surface area contributed by atoms with E-state index in [1.807, 2.05) is 65.4 Å². The van der Waals surface area contributed by atoms with Crippen molar-refractivity contribution >= 4 is 39.3 Å². The lowest BCUT2D eigenvalue weighted by Crippen LogP contribution is -2.28. The quantitative estimate of drug-likeness (QED) is 0.272. The summed E-state index contributed by atoms with van der Waals surface area (Å²) in [6, 6.07) is 26.4. The van der Waals surface area contributed by atoms with Crippen molar-refractivity contribution in [1.82, 2.24) is 9.71 Å². The molecule has 1 aromatic heterocycles. The van der Waals surface area contributed by atoms with Crippen LogP contribution in [0.5, 0.6) is 5.75 Å². The van der Waals surface area contributed by atoms with E-state index in [4.69, 9.17) is 9.72 Å². The number of hydrogen-bond donors (Lipinski definition) is 2. The van der Waals surface area contributed by atoms with E-state index in [1.165, 1.54) is 24.3 Å². The number of nitrogens with zero attached hydrogens (tertiary/aromatic N) is 2. The van der Waals surface area contributed by atoms with Gasteiger partial charge in [0, 0.05) is 23.7 Å². The van der Waals surface area contributed by atoms with Gasteiger partial charge in [-0.25, -0.2) is 18.1 Å². The van der Waals surface area contributed by atoms with E-state index in [9.17, 15) is 23.3 Å². The number of thioether (sulfide) groups is 1. The monoisotopic (exact) mass is 572 g/mol. The van der Waals surface area contributed by atoms with E-state index in [1.54, 1.807) is 7.11 Å². The highest BCUT2D eigenvalue weighted by Crippen LogP contribution is 2.35. The summed E-state index contributed by atoms with van der Waals surface area (Å²) in [4.78, 5) is 28.5. The number of methoxy groups -OCH3 is 1. The second-order valence-electron chi connectivity index (χ2n) is 8.46. The molecule has 0 fully saturated rings. The van der Waals surface area contributed by atoms with Crippen LogP contribution in [0.4, 0.5) is 5.69 Å². The summed E-state index contributed by atoms with van der Waals surface area (Å²) < 4.78 is 31.4. The van der Waals surface area contributed by atoms with Gasteiger partial charge in [-0.15, -0.1) is 0 Å². The van der Waals surface area contributed by atoms with Crippen molar-refractivity contribution in [1.29, 1.82) is 5.26 Å². The fraction of sp³-hybridized carbons (Fsp3) is 0.103. The maximum absolute atomic E-state index is 12.8. The fourth-order valence-corrected chi connectivity index (χ4v) is 5.58. The first-order chi connectivity index (χ1) is 19.2. The maximum Gasteiger partial charge on any atom is 0.264 e. The van der Waals surface area contributed by atoms with Crippen LogP contribution in [0, 0.1) is 11.3 Å². The van der Waals surface area contributed by atoms with Crippen molar-refractivity contribution in [2.24, 2.45) is 0 Å². The summed E-state index contributed by atoms with van der Waals surface area (Å²) in [5.41, 5.74) is 3.72. The van der Waals surface area contributed by atoms with Crippen LogP contribution < -0.4 is 14.8 Å². The molecule has 9 nitrogen and oxygen atoms in total. The Labute approximate surface area is 236 Å². The van der Waals surface area contributed by atoms with E-state index in [-0.39, 0.29) is 16.6 Å². The van der Waals surface area contributed by atoms with Crippen LogP contribution in [-0.4, -0.2) is 38.1 Å². The van der Waals surface area contributed by atoms with Crippen molar-refractivity contribution in [2.45, 2.75) is 16.8 Å². The Kier molecular flexibility index (Phi) is 8.83. The summed E-state index contributed by atoms with van der Waals surface area (Å²) in [5, 5.41) is 13.2. The molecule has 4 aromatic rings. The third kappa shape index (κ3) is 6.85. The van der Waals surface area contributed by atoms with Crippen LogP contribution in [-0.2, 0) is 19.6 Å². The van der Waals surface area contributed by atoms with E-state index < -0.39 is 15.9 Å². The topological polar surface area (TPSA) is 138 Å². The Balaban J connectivity index is 1.58. The molecule has 0 aliphatic rings. The lowest BCUT2D eigenvalue weighted by molar-refractivity contribution is -0.117. The summed E-state index contributed by atoms with van der Waals surface area (Å²) in [6.07, 6.45) is 0. The lowest BCUT2D eigenvalue weighted by Gasteiger charge is -2.13. The Morgan fingerprint density at radius 3 is 2.25 bits per heavy atom. The van der Waals surface area contributed by atoms with Crippen molar-refractivity contribution in [3.05, 3.63) is 90.5 Å². The number of nitrogens with one attached hydrogen (secondary N) is 2. The van der Waals surface area contributed by atoms with Gasteiger partial charge in [-0.2, -0.15) is 5.26 Å². The van der Waals surface area contributed by atoms with Crippen LogP contribution in [0.1, 0.15) is 12.5 Å². The maximum atomic E-state index is 12.8. The molecule has 11 heteroatoms. The van der Waals surface area contributed by atoms with Crippen molar-refractivity contribution < 1.29 is 22.7 Å². The summed E-state index contributed by atoms with van der Waals surface area (Å²) in [7, 11) is -2.40. The predicted molar refractivity (Wildman–Crippen MR) is 153 cm³/mol. The number of ether oxygens (including phenoxy) is 1. The smallest absolute Gasteiger partial charge is 0.264 e. The number of anilines is 1. The molecule has 0 atom stereocenters. The molecular formula is C29H24N4O5S2. The van der Waals surface area contributed by atoms with Gasteiger partial charge in [-0.05, 0) is 48.0 Å². The van der Waals surface area contributed by atoms with Crippen molar-refractivity contribution in [3.8, 4) is 34.2 Å². The number of sulfonamides is 1. The number of rotatable bonds is 9. The molecule has 0 bridgehead atoms. The summed E-state index contributed by atoms with van der Waals surface area (Å²) in [6.45, 7) is 1.10. The average molecular weight is 573 g/mol. The average Bonchev–Trinajstić information content (AvgIpc) is 2.95. The highest BCUT2D eigenvalue weighted by atomic mass is 32.2. The second-order valence-corrected chi connectivity index (χ2v) is 11.1. The van der Waals surface area contributed by atoms with Gasteiger partial charge in [0.15, 0.2) is 0 Å². The third-order valence-corrected chi connectivity index (χ3v) is 8.06. The SMILES string of the molecule is COc1ccc(-c2cc(-c3ccccc3)nc(SCC(=O)Nc3ccc(S(=O)(=O)NC(C)=O)cc3)c2C#N)cc1. The Morgan fingerprint density at radius 2 is 1.65 bits per heavy atom. The molecule has 4 rings (SSSR count). The highest BCUT2D eigenvalue weighted by Gasteiger charge is 2.18. The fourth-order valence-electron chi connectivity index (χ4n) is 3.79. The standard InChI is InChI=1S/C29H24N4O5S2/c1-19(34)33-40(36,37)24-14-10-22(11-15-24)31-28(35)18-39-29-26(17-30)25(20-8-12-23(38-2)13-9-20)16-27(32-29)21-6-4-3-5-7-21/h3-16H,18H2,1-2H3,(H,31,35)(H,33,34). The number of carbonyl (C=O) groups is 2. The van der Waals surface area contributed by atoms with Gasteiger partial charge in [0.1, 0.15) is 16.8 Å². The predicted octanol–water partition coefficient (Wildman–Crippen LogP) is 4.85. The molecule has 3 aromatic carbocycles. The van der Waals surface area contributed by atoms with Gasteiger partial charge >= 0.3 is 0 Å². The Morgan fingerprint density at radius 1 is 0.975 bits per heavy atom. The zero-order valence-electron chi connectivity index (χ0n) is 21.5. The number of carbonyl (C=O) groups excluding carboxylic acids is 2. The van der Waals surface area contributed by atoms with E-state index in [0.29, 0.717) is 33.3 Å². The van der Waals surface area contributed by atoms with Crippen LogP contribution in [0.3, 0.4) is 0 Å². The van der Waals surface area contributed by atoms with Crippen molar-refractivity contribution in [2.75, 3.05) is 18.2 Å². The molecule has 0 unspecified atom stereocenters. The van der Waals surface area contributed by atoms with E-state index in [0.717, 1.165) is 29.8 Å². The minimum absolute atomic E-state index is 0.0477. The van der Waals surface area contributed by atoms with Crippen LogP contribution in [0.2, 0.25) is 0 Å². The zero-order valence-corrected chi connectivity index (χ0v) is 23.2. The minimum Gasteiger partial charge on any atom is -0.497 e. The van der Waals surface area contributed by atoms with Gasteiger partial charge in [0.25, 0.3) is 10.0 Å². The number of aromatic nitrogens is 1. The first-order valence-corrected chi connectivity index (χ1v) is 14.4. The zero-order chi connectivity index (χ0) is 28.7. The van der Waals surface area contributed by atoms with Gasteiger partial charge < -0.3 is 10.1 Å².